The number of rotatable bonds is 0. The lowest BCUT2D eigenvalue weighted by Crippen LogP contribution is -1.68. The van der Waals surface area contributed by atoms with E-state index < -0.39 is 0 Å². The van der Waals surface area contributed by atoms with Crippen molar-refractivity contribution < 1.29 is 4.74 Å². The van der Waals surface area contributed by atoms with E-state index >= 15 is 0 Å². The van der Waals surface area contributed by atoms with Gasteiger partial charge in [-0.25, -0.2) is 4.99 Å². The van der Waals surface area contributed by atoms with Crippen LogP contribution in [-0.4, -0.2) is 6.40 Å². The highest BCUT2D eigenvalue weighted by Crippen LogP contribution is 1.83. The van der Waals surface area contributed by atoms with Crippen LogP contribution in [0.5, 0.6) is 0 Å². The standard InChI is InChI=1S/C5H4NO/c1-2-4-7-5-6-3-1/h1-4H. The molecule has 0 saturated carbocycles. The Hall–Kier alpha value is -1.05. The van der Waals surface area contributed by atoms with E-state index in [0.717, 1.165) is 0 Å². The SMILES string of the molecule is [C]1=NC=CC=CO1. The molecular formula is C5H4NO. The number of ether oxygens (including phenoxy) is 1. The van der Waals surface area contributed by atoms with E-state index in [1.165, 1.54) is 6.26 Å². The predicted molar refractivity (Wildman–Crippen MR) is 26.8 cm³/mol. The molecular weight excluding hydrogens is 90.1 g/mol. The van der Waals surface area contributed by atoms with Crippen LogP contribution in [-0.2, 0) is 4.74 Å². The number of hydrogen-bond donors (Lipinski definition) is 0. The highest BCUT2D eigenvalue weighted by Gasteiger charge is 1.72. The van der Waals surface area contributed by atoms with Crippen molar-refractivity contribution >= 4 is 6.40 Å². The molecule has 0 spiro atoms. The summed E-state index contributed by atoms with van der Waals surface area (Å²) in [6.45, 7) is 0. The van der Waals surface area contributed by atoms with Crippen LogP contribution in [0.4, 0.5) is 0 Å². The predicted octanol–water partition coefficient (Wildman–Crippen LogP) is 0.949. The van der Waals surface area contributed by atoms with Crippen molar-refractivity contribution in [1.29, 1.82) is 0 Å². The first-order chi connectivity index (χ1) is 3.50. The minimum Gasteiger partial charge on any atom is -0.443 e. The average Bonchev–Trinajstić information content (AvgIpc) is 1.90. The molecule has 1 radical (unpaired) electrons. The van der Waals surface area contributed by atoms with Gasteiger partial charge in [-0.1, -0.05) is 0 Å². The summed E-state index contributed by atoms with van der Waals surface area (Å²) >= 11 is 0. The van der Waals surface area contributed by atoms with Crippen LogP contribution in [0.3, 0.4) is 0 Å². The van der Waals surface area contributed by atoms with Crippen molar-refractivity contribution in [1.82, 2.24) is 0 Å². The number of hydrogen-bond acceptors (Lipinski definition) is 2. The first kappa shape index (κ1) is 4.12. The highest BCUT2D eigenvalue weighted by molar-refractivity contribution is 5.49. The summed E-state index contributed by atoms with van der Waals surface area (Å²) in [5.41, 5.74) is 0. The Morgan fingerprint density at radius 3 is 3.43 bits per heavy atom. The molecule has 1 heterocycles. The zero-order valence-electron chi connectivity index (χ0n) is 3.66. The molecule has 1 rings (SSSR count). The van der Waals surface area contributed by atoms with Crippen LogP contribution in [0.1, 0.15) is 0 Å². The second-order valence-corrected chi connectivity index (χ2v) is 1.01. The molecule has 0 aromatic heterocycles. The van der Waals surface area contributed by atoms with E-state index in [9.17, 15) is 0 Å². The molecule has 0 atom stereocenters. The van der Waals surface area contributed by atoms with Crippen molar-refractivity contribution in [3.8, 4) is 0 Å². The van der Waals surface area contributed by atoms with Crippen molar-refractivity contribution in [2.24, 2.45) is 4.99 Å². The highest BCUT2D eigenvalue weighted by atomic mass is 16.5. The molecule has 0 unspecified atom stereocenters. The van der Waals surface area contributed by atoms with Gasteiger partial charge in [0.2, 0.25) is 0 Å². The third kappa shape index (κ3) is 1.22. The molecule has 2 nitrogen and oxygen atoms in total. The first-order valence-corrected chi connectivity index (χ1v) is 1.92. The largest absolute Gasteiger partial charge is 0.443 e. The first-order valence-electron chi connectivity index (χ1n) is 1.92. The van der Waals surface area contributed by atoms with E-state index in [2.05, 4.69) is 16.1 Å². The van der Waals surface area contributed by atoms with Crippen LogP contribution in [0.25, 0.3) is 0 Å². The van der Waals surface area contributed by atoms with Crippen molar-refractivity contribution in [2.45, 2.75) is 0 Å². The fraction of sp³-hybridized carbons (Fsp3) is 0. The van der Waals surface area contributed by atoms with Gasteiger partial charge in [0.05, 0.1) is 6.26 Å². The zero-order chi connectivity index (χ0) is 4.95. The summed E-state index contributed by atoms with van der Waals surface area (Å²) in [4.78, 5) is 3.56. The third-order valence-corrected chi connectivity index (χ3v) is 0.524. The Balaban J connectivity index is 2.60. The maximum Gasteiger partial charge on any atom is 0.283 e. The van der Waals surface area contributed by atoms with E-state index in [-0.39, 0.29) is 0 Å². The Labute approximate surface area is 41.8 Å². The number of nitrogens with zero attached hydrogens (tertiary/aromatic N) is 1. The molecule has 7 heavy (non-hydrogen) atoms. The molecule has 0 aromatic carbocycles. The average molecular weight is 94.1 g/mol. The molecule has 0 N–H and O–H groups in total. The molecule has 1 aliphatic rings. The molecule has 1 aliphatic heterocycles. The van der Waals surface area contributed by atoms with Crippen LogP contribution in [0.15, 0.2) is 29.6 Å². The number of aliphatic imine (C=N–C) groups is 1. The van der Waals surface area contributed by atoms with Crippen LogP contribution >= 0.6 is 0 Å². The minimum absolute atomic E-state index is 1.51. The molecule has 35 valence electrons. The lowest BCUT2D eigenvalue weighted by Gasteiger charge is -1.75. The van der Waals surface area contributed by atoms with Gasteiger partial charge in [-0.15, -0.1) is 0 Å². The maximum atomic E-state index is 4.53. The van der Waals surface area contributed by atoms with Crippen LogP contribution < -0.4 is 0 Å². The van der Waals surface area contributed by atoms with Gasteiger partial charge < -0.3 is 4.74 Å². The van der Waals surface area contributed by atoms with Gasteiger partial charge in [-0.2, -0.15) is 0 Å². The van der Waals surface area contributed by atoms with Crippen molar-refractivity contribution in [3.63, 3.8) is 0 Å². The van der Waals surface area contributed by atoms with Crippen LogP contribution in [0, 0.1) is 0 Å². The van der Waals surface area contributed by atoms with E-state index in [4.69, 9.17) is 0 Å². The lowest BCUT2D eigenvalue weighted by molar-refractivity contribution is 0.495. The normalized spacial score (nSPS) is 16.0. The van der Waals surface area contributed by atoms with Gasteiger partial charge in [0.15, 0.2) is 0 Å². The fourth-order valence-electron chi connectivity index (χ4n) is 0.269. The molecule has 0 aromatic rings. The minimum atomic E-state index is 1.51. The summed E-state index contributed by atoms with van der Waals surface area (Å²) in [7, 11) is 0. The Kier molecular flexibility index (Phi) is 1.28. The third-order valence-electron chi connectivity index (χ3n) is 0.524. The summed E-state index contributed by atoms with van der Waals surface area (Å²) in [6.07, 6.45) is 8.91. The quantitative estimate of drug-likeness (QED) is 0.438. The zero-order valence-corrected chi connectivity index (χ0v) is 3.66. The smallest absolute Gasteiger partial charge is 0.283 e. The maximum absolute atomic E-state index is 4.53. The number of allylic oxidation sites excluding steroid dienone is 2. The van der Waals surface area contributed by atoms with Gasteiger partial charge in [0.1, 0.15) is 0 Å². The molecule has 2 heteroatoms. The van der Waals surface area contributed by atoms with Gasteiger partial charge in [-0.3, -0.25) is 0 Å². The molecule has 0 amide bonds. The molecule has 0 saturated heterocycles. The van der Waals surface area contributed by atoms with E-state index in [1.54, 1.807) is 18.4 Å². The Bertz CT molecular complexity index is 110. The fourth-order valence-corrected chi connectivity index (χ4v) is 0.269. The molecule has 0 bridgehead atoms. The summed E-state index contributed by atoms with van der Waals surface area (Å²) in [5.74, 6) is 0. The second kappa shape index (κ2) is 2.18. The van der Waals surface area contributed by atoms with Crippen LogP contribution in [0.2, 0.25) is 0 Å². The summed E-state index contributed by atoms with van der Waals surface area (Å²) in [6, 6.07) is 0. The van der Waals surface area contributed by atoms with Crippen molar-refractivity contribution in [3.05, 3.63) is 24.6 Å². The summed E-state index contributed by atoms with van der Waals surface area (Å²) in [5, 5.41) is 0. The monoisotopic (exact) mass is 94.0 g/mol. The van der Waals surface area contributed by atoms with Crippen molar-refractivity contribution in [2.75, 3.05) is 0 Å². The van der Waals surface area contributed by atoms with E-state index in [0.29, 0.717) is 0 Å². The molecule has 0 aliphatic carbocycles. The Morgan fingerprint density at radius 1 is 1.43 bits per heavy atom. The van der Waals surface area contributed by atoms with E-state index in [1.807, 2.05) is 0 Å². The lowest BCUT2D eigenvalue weighted by atomic mass is 10.6. The summed E-state index contributed by atoms with van der Waals surface area (Å²) < 4.78 is 4.53. The molecule has 0 fully saturated rings. The van der Waals surface area contributed by atoms with Gasteiger partial charge >= 0.3 is 0 Å². The van der Waals surface area contributed by atoms with Gasteiger partial charge in [0.25, 0.3) is 6.40 Å². The van der Waals surface area contributed by atoms with Gasteiger partial charge in [0, 0.05) is 6.20 Å². The topological polar surface area (TPSA) is 21.6 Å². The Morgan fingerprint density at radius 2 is 2.43 bits per heavy atom. The second-order valence-electron chi connectivity index (χ2n) is 1.01. The van der Waals surface area contributed by atoms with Gasteiger partial charge in [-0.05, 0) is 12.2 Å².